The van der Waals surface area contributed by atoms with E-state index < -0.39 is 30.4 Å². The van der Waals surface area contributed by atoms with Crippen LogP contribution in [0.3, 0.4) is 0 Å². The molecular formula is C22H28N2O6. The number of hydrogen-bond donors (Lipinski definition) is 0. The zero-order chi connectivity index (χ0) is 22.0. The number of fused-ring (bicyclic) bond motifs is 1. The smallest absolute Gasteiger partial charge is 0.329 e. The number of amides is 3. The Kier molecular flexibility index (Phi) is 6.55. The first-order chi connectivity index (χ1) is 14.2. The van der Waals surface area contributed by atoms with Gasteiger partial charge in [-0.25, -0.2) is 4.79 Å². The molecule has 0 saturated carbocycles. The number of carbonyl (C=O) groups excluding carboxylic acids is 4. The van der Waals surface area contributed by atoms with Gasteiger partial charge in [0.15, 0.2) is 6.61 Å². The van der Waals surface area contributed by atoms with Crippen LogP contribution in [0.25, 0.3) is 0 Å². The molecule has 1 aromatic rings. The topological polar surface area (TPSA) is 93.2 Å². The number of morpholine rings is 1. The van der Waals surface area contributed by atoms with Gasteiger partial charge in [-0.1, -0.05) is 26.0 Å². The quantitative estimate of drug-likeness (QED) is 0.519. The Bertz CT molecular complexity index is 807. The number of esters is 1. The van der Waals surface area contributed by atoms with E-state index in [1.807, 2.05) is 27.7 Å². The van der Waals surface area contributed by atoms with E-state index in [9.17, 15) is 19.2 Å². The van der Waals surface area contributed by atoms with Crippen molar-refractivity contribution >= 4 is 23.7 Å². The maximum atomic E-state index is 12.9. The van der Waals surface area contributed by atoms with Crippen LogP contribution >= 0.6 is 0 Å². The van der Waals surface area contributed by atoms with Gasteiger partial charge in [0.1, 0.15) is 6.04 Å². The SMILES string of the molecule is CC(C)C[C@H](C(=O)OCC(=O)N1C[C@@H](C)O[C@H](C)C1)N1C(=O)c2ccccc2C1=O. The van der Waals surface area contributed by atoms with E-state index in [1.54, 1.807) is 29.2 Å². The molecule has 1 fully saturated rings. The Morgan fingerprint density at radius 2 is 1.60 bits per heavy atom. The maximum Gasteiger partial charge on any atom is 0.329 e. The summed E-state index contributed by atoms with van der Waals surface area (Å²) in [5.41, 5.74) is 0.549. The lowest BCUT2D eigenvalue weighted by atomic mass is 10.0. The minimum Gasteiger partial charge on any atom is -0.454 e. The molecule has 162 valence electrons. The summed E-state index contributed by atoms with van der Waals surface area (Å²) in [6, 6.07) is 5.40. The highest BCUT2D eigenvalue weighted by atomic mass is 16.5. The number of carbonyl (C=O) groups is 4. The van der Waals surface area contributed by atoms with E-state index in [1.165, 1.54) is 0 Å². The molecule has 3 amide bonds. The Morgan fingerprint density at radius 3 is 2.10 bits per heavy atom. The van der Waals surface area contributed by atoms with Gasteiger partial charge in [-0.3, -0.25) is 19.3 Å². The summed E-state index contributed by atoms with van der Waals surface area (Å²) in [6.45, 7) is 7.95. The molecule has 0 spiro atoms. The van der Waals surface area contributed by atoms with Gasteiger partial charge in [0, 0.05) is 13.1 Å². The van der Waals surface area contributed by atoms with Crippen molar-refractivity contribution < 1.29 is 28.7 Å². The highest BCUT2D eigenvalue weighted by Gasteiger charge is 2.43. The second-order valence-electron chi connectivity index (χ2n) is 8.33. The minimum absolute atomic E-state index is 0.0310. The molecule has 0 bridgehead atoms. The van der Waals surface area contributed by atoms with Crippen LogP contribution in [0.15, 0.2) is 24.3 Å². The first-order valence-electron chi connectivity index (χ1n) is 10.3. The molecule has 0 unspecified atom stereocenters. The van der Waals surface area contributed by atoms with Gasteiger partial charge in [0.05, 0.1) is 23.3 Å². The lowest BCUT2D eigenvalue weighted by molar-refractivity contribution is -0.159. The van der Waals surface area contributed by atoms with Crippen LogP contribution in [0, 0.1) is 5.92 Å². The van der Waals surface area contributed by atoms with Gasteiger partial charge in [0.25, 0.3) is 17.7 Å². The Morgan fingerprint density at radius 1 is 1.07 bits per heavy atom. The second-order valence-corrected chi connectivity index (χ2v) is 8.33. The van der Waals surface area contributed by atoms with E-state index in [0.717, 1.165) is 4.90 Å². The van der Waals surface area contributed by atoms with Gasteiger partial charge in [-0.15, -0.1) is 0 Å². The van der Waals surface area contributed by atoms with Crippen molar-refractivity contribution in [2.75, 3.05) is 19.7 Å². The van der Waals surface area contributed by atoms with E-state index in [4.69, 9.17) is 9.47 Å². The molecule has 8 heteroatoms. The largest absolute Gasteiger partial charge is 0.454 e. The summed E-state index contributed by atoms with van der Waals surface area (Å²) in [6.07, 6.45) is 0.0604. The van der Waals surface area contributed by atoms with Crippen LogP contribution in [0.4, 0.5) is 0 Å². The fourth-order valence-electron chi connectivity index (χ4n) is 3.95. The summed E-state index contributed by atoms with van der Waals surface area (Å²) >= 11 is 0. The Hall–Kier alpha value is -2.74. The van der Waals surface area contributed by atoms with Crippen LogP contribution < -0.4 is 0 Å². The van der Waals surface area contributed by atoms with Crippen LogP contribution in [-0.2, 0) is 19.1 Å². The molecule has 1 aromatic carbocycles. The maximum absolute atomic E-state index is 12.9. The third-order valence-corrected chi connectivity index (χ3v) is 5.21. The molecule has 8 nitrogen and oxygen atoms in total. The van der Waals surface area contributed by atoms with Crippen LogP contribution in [0.1, 0.15) is 54.8 Å². The van der Waals surface area contributed by atoms with Crippen molar-refractivity contribution in [2.24, 2.45) is 5.92 Å². The zero-order valence-corrected chi connectivity index (χ0v) is 17.8. The average Bonchev–Trinajstić information content (AvgIpc) is 2.94. The zero-order valence-electron chi connectivity index (χ0n) is 17.8. The molecule has 0 aromatic heterocycles. The van der Waals surface area contributed by atoms with Crippen LogP contribution in [0.5, 0.6) is 0 Å². The number of hydrogen-bond acceptors (Lipinski definition) is 6. The summed E-state index contributed by atoms with van der Waals surface area (Å²) in [4.78, 5) is 53.5. The second kappa shape index (κ2) is 8.95. The predicted molar refractivity (Wildman–Crippen MR) is 108 cm³/mol. The number of ether oxygens (including phenoxy) is 2. The third-order valence-electron chi connectivity index (χ3n) is 5.21. The third kappa shape index (κ3) is 4.53. The average molecular weight is 416 g/mol. The molecule has 2 aliphatic heterocycles. The molecule has 2 heterocycles. The number of nitrogens with zero attached hydrogens (tertiary/aromatic N) is 2. The Labute approximate surface area is 176 Å². The number of rotatable bonds is 6. The van der Waals surface area contributed by atoms with E-state index >= 15 is 0 Å². The summed E-state index contributed by atoms with van der Waals surface area (Å²) in [5, 5.41) is 0. The van der Waals surface area contributed by atoms with Crippen molar-refractivity contribution in [3.63, 3.8) is 0 Å². The fourth-order valence-corrected chi connectivity index (χ4v) is 3.95. The van der Waals surface area contributed by atoms with E-state index in [-0.39, 0.29) is 41.6 Å². The van der Waals surface area contributed by atoms with Crippen LogP contribution in [-0.4, -0.2) is 71.4 Å². The van der Waals surface area contributed by atoms with Crippen LogP contribution in [0.2, 0.25) is 0 Å². The highest BCUT2D eigenvalue weighted by Crippen LogP contribution is 2.27. The monoisotopic (exact) mass is 416 g/mol. The fraction of sp³-hybridized carbons (Fsp3) is 0.545. The normalized spacial score (nSPS) is 22.3. The van der Waals surface area contributed by atoms with E-state index in [0.29, 0.717) is 13.1 Å². The molecular weight excluding hydrogens is 388 g/mol. The molecule has 0 radical (unpaired) electrons. The summed E-state index contributed by atoms with van der Waals surface area (Å²) in [7, 11) is 0. The van der Waals surface area contributed by atoms with Crippen molar-refractivity contribution in [2.45, 2.75) is 52.4 Å². The van der Waals surface area contributed by atoms with Gasteiger partial charge in [0.2, 0.25) is 0 Å². The first-order valence-corrected chi connectivity index (χ1v) is 10.3. The van der Waals surface area contributed by atoms with Crippen molar-refractivity contribution in [1.82, 2.24) is 9.80 Å². The van der Waals surface area contributed by atoms with Crippen molar-refractivity contribution in [3.05, 3.63) is 35.4 Å². The van der Waals surface area contributed by atoms with Gasteiger partial charge in [-0.2, -0.15) is 0 Å². The van der Waals surface area contributed by atoms with Gasteiger partial charge in [-0.05, 0) is 38.3 Å². The molecule has 3 rings (SSSR count). The molecule has 0 N–H and O–H groups in total. The minimum atomic E-state index is -1.08. The number of imide groups is 1. The molecule has 30 heavy (non-hydrogen) atoms. The molecule has 2 aliphatic rings. The molecule has 0 aliphatic carbocycles. The molecule has 1 saturated heterocycles. The van der Waals surface area contributed by atoms with E-state index in [2.05, 4.69) is 0 Å². The lowest BCUT2D eigenvalue weighted by Gasteiger charge is -2.35. The van der Waals surface area contributed by atoms with Gasteiger partial charge < -0.3 is 14.4 Å². The summed E-state index contributed by atoms with van der Waals surface area (Å²) in [5.74, 6) is -2.07. The number of benzene rings is 1. The summed E-state index contributed by atoms with van der Waals surface area (Å²) < 4.78 is 10.9. The predicted octanol–water partition coefficient (Wildman–Crippen LogP) is 1.88. The molecule has 3 atom stereocenters. The Balaban J connectivity index is 1.70. The van der Waals surface area contributed by atoms with Gasteiger partial charge >= 0.3 is 5.97 Å². The standard InChI is InChI=1S/C22H28N2O6/c1-13(2)9-18(24-20(26)16-7-5-6-8-17(16)21(24)27)22(28)29-12-19(25)23-10-14(3)30-15(4)11-23/h5-8,13-15,18H,9-12H2,1-4H3/t14-,15-,18-/m1/s1. The van der Waals surface area contributed by atoms with Crippen molar-refractivity contribution in [1.29, 1.82) is 0 Å². The first kappa shape index (κ1) is 22.0. The van der Waals surface area contributed by atoms with Crippen molar-refractivity contribution in [3.8, 4) is 0 Å². The lowest BCUT2D eigenvalue weighted by Crippen LogP contribution is -2.50. The highest BCUT2D eigenvalue weighted by molar-refractivity contribution is 6.22.